The molecule has 0 nitrogen and oxygen atoms in total. The van der Waals surface area contributed by atoms with Crippen LogP contribution in [0.2, 0.25) is 0 Å². The van der Waals surface area contributed by atoms with Gasteiger partial charge >= 0.3 is 0 Å². The summed E-state index contributed by atoms with van der Waals surface area (Å²) in [6, 6.07) is 8.52. The molecule has 1 heterocycles. The van der Waals surface area contributed by atoms with Gasteiger partial charge in [0.15, 0.2) is 0 Å². The van der Waals surface area contributed by atoms with Crippen molar-refractivity contribution in [1.82, 2.24) is 0 Å². The quantitative estimate of drug-likeness (QED) is 0.465. The van der Waals surface area contributed by atoms with Crippen molar-refractivity contribution >= 4 is 56.7 Å². The van der Waals surface area contributed by atoms with Gasteiger partial charge in [-0.3, -0.25) is 0 Å². The summed E-state index contributed by atoms with van der Waals surface area (Å²) in [6.07, 6.45) is 1.09. The molecule has 5 heteroatoms. The highest BCUT2D eigenvalue weighted by Gasteiger charge is 2.33. The maximum Gasteiger partial charge on any atom is 0.0961 e. The standard InChI is InChI=1S/C9H10S5/c10-9(13-14-11)5-6-12-8-4-2-1-3-7(8)9/h1-4,10-11H,5-6H2. The van der Waals surface area contributed by atoms with Crippen LogP contribution in [-0.2, 0) is 4.08 Å². The van der Waals surface area contributed by atoms with E-state index < -0.39 is 0 Å². The Morgan fingerprint density at radius 1 is 1.36 bits per heavy atom. The van der Waals surface area contributed by atoms with Crippen LogP contribution in [-0.4, -0.2) is 5.75 Å². The SMILES string of the molecule is SSSC1(S)CCSc2ccccc21. The van der Waals surface area contributed by atoms with Crippen molar-refractivity contribution in [2.45, 2.75) is 15.4 Å². The van der Waals surface area contributed by atoms with E-state index in [0.717, 1.165) is 12.2 Å². The molecule has 0 fully saturated rings. The number of rotatable bonds is 2. The first kappa shape index (κ1) is 11.5. The first-order chi connectivity index (χ1) is 6.76. The summed E-state index contributed by atoms with van der Waals surface area (Å²) >= 11 is 10.9. The molecule has 1 aromatic rings. The Bertz CT molecular complexity index is 327. The minimum absolute atomic E-state index is 0.0613. The van der Waals surface area contributed by atoms with E-state index in [4.69, 9.17) is 12.6 Å². The highest BCUT2D eigenvalue weighted by Crippen LogP contribution is 2.55. The van der Waals surface area contributed by atoms with E-state index in [1.54, 1.807) is 10.8 Å². The lowest BCUT2D eigenvalue weighted by atomic mass is 10.1. The average Bonchev–Trinajstić information content (AvgIpc) is 2.19. The molecule has 0 saturated heterocycles. The number of thioether (sulfide) groups is 1. The summed E-state index contributed by atoms with van der Waals surface area (Å²) in [5.74, 6) is 1.14. The van der Waals surface area contributed by atoms with Gasteiger partial charge in [-0.2, -0.15) is 12.6 Å². The van der Waals surface area contributed by atoms with Gasteiger partial charge in [-0.1, -0.05) is 40.7 Å². The second kappa shape index (κ2) is 4.87. The van der Waals surface area contributed by atoms with Gasteiger partial charge in [0, 0.05) is 10.6 Å². The van der Waals surface area contributed by atoms with Crippen LogP contribution in [0.15, 0.2) is 29.2 Å². The van der Waals surface area contributed by atoms with E-state index in [1.807, 2.05) is 11.8 Å². The van der Waals surface area contributed by atoms with Crippen molar-refractivity contribution in [3.8, 4) is 0 Å². The van der Waals surface area contributed by atoms with Crippen LogP contribution in [0.5, 0.6) is 0 Å². The molecular weight excluding hydrogens is 268 g/mol. The third-order valence-electron chi connectivity index (χ3n) is 2.18. The van der Waals surface area contributed by atoms with Gasteiger partial charge in [-0.25, -0.2) is 0 Å². The molecule has 2 rings (SSSR count). The van der Waals surface area contributed by atoms with Gasteiger partial charge < -0.3 is 0 Å². The van der Waals surface area contributed by atoms with Gasteiger partial charge in [0.2, 0.25) is 0 Å². The normalized spacial score (nSPS) is 25.9. The van der Waals surface area contributed by atoms with Crippen molar-refractivity contribution < 1.29 is 0 Å². The number of thiol groups is 2. The molecule has 1 unspecified atom stereocenters. The molecular formula is C9H10S5. The molecule has 0 spiro atoms. The minimum atomic E-state index is -0.0613. The van der Waals surface area contributed by atoms with Gasteiger partial charge in [0.25, 0.3) is 0 Å². The Balaban J connectivity index is 2.39. The molecule has 1 atom stereocenters. The average molecular weight is 279 g/mol. The molecule has 76 valence electrons. The predicted molar refractivity (Wildman–Crippen MR) is 76.6 cm³/mol. The van der Waals surface area contributed by atoms with Crippen molar-refractivity contribution in [3.05, 3.63) is 29.8 Å². The fourth-order valence-corrected chi connectivity index (χ4v) is 6.90. The Morgan fingerprint density at radius 3 is 2.93 bits per heavy atom. The topological polar surface area (TPSA) is 0 Å². The Kier molecular flexibility index (Phi) is 3.98. The number of hydrogen-bond acceptors (Lipinski definition) is 5. The van der Waals surface area contributed by atoms with Gasteiger partial charge in [-0.05, 0) is 27.9 Å². The molecule has 0 saturated carbocycles. The van der Waals surface area contributed by atoms with Crippen LogP contribution in [0.25, 0.3) is 0 Å². The fraction of sp³-hybridized carbons (Fsp3) is 0.333. The zero-order valence-corrected chi connectivity index (χ0v) is 11.6. The van der Waals surface area contributed by atoms with Crippen LogP contribution in [0.4, 0.5) is 0 Å². The summed E-state index contributed by atoms with van der Waals surface area (Å²) in [5.41, 5.74) is 1.34. The third kappa shape index (κ3) is 2.21. The molecule has 14 heavy (non-hydrogen) atoms. The molecule has 0 bridgehead atoms. The summed E-state index contributed by atoms with van der Waals surface area (Å²) in [4.78, 5) is 1.36. The Morgan fingerprint density at radius 2 is 2.14 bits per heavy atom. The van der Waals surface area contributed by atoms with E-state index in [0.29, 0.717) is 0 Å². The maximum absolute atomic E-state index is 4.79. The lowest BCUT2D eigenvalue weighted by Gasteiger charge is -2.32. The highest BCUT2D eigenvalue weighted by atomic mass is 33.5. The minimum Gasteiger partial charge on any atom is -0.156 e. The molecule has 1 aliphatic heterocycles. The van der Waals surface area contributed by atoms with Gasteiger partial charge in [0.05, 0.1) is 4.08 Å². The van der Waals surface area contributed by atoms with Crippen molar-refractivity contribution in [2.24, 2.45) is 0 Å². The Hall–Kier alpha value is 0.970. The molecule has 1 aliphatic rings. The molecule has 0 radical (unpaired) electrons. The van der Waals surface area contributed by atoms with Crippen LogP contribution in [0, 0.1) is 0 Å². The molecule has 0 amide bonds. The second-order valence-corrected chi connectivity index (χ2v) is 8.54. The van der Waals surface area contributed by atoms with Crippen molar-refractivity contribution in [1.29, 1.82) is 0 Å². The van der Waals surface area contributed by atoms with Crippen LogP contribution < -0.4 is 0 Å². The molecule has 0 aliphatic carbocycles. The lowest BCUT2D eigenvalue weighted by Crippen LogP contribution is -2.18. The first-order valence-electron chi connectivity index (χ1n) is 4.20. The van der Waals surface area contributed by atoms with E-state index in [9.17, 15) is 0 Å². The largest absolute Gasteiger partial charge is 0.156 e. The second-order valence-electron chi connectivity index (χ2n) is 3.04. The molecule has 1 aromatic carbocycles. The highest BCUT2D eigenvalue weighted by molar-refractivity contribution is 9.06. The van der Waals surface area contributed by atoms with Gasteiger partial charge in [0.1, 0.15) is 0 Å². The van der Waals surface area contributed by atoms with E-state index in [1.165, 1.54) is 20.3 Å². The number of benzene rings is 1. The Labute approximate surface area is 107 Å². The lowest BCUT2D eigenvalue weighted by molar-refractivity contribution is 0.817. The third-order valence-corrected chi connectivity index (χ3v) is 6.89. The summed E-state index contributed by atoms with van der Waals surface area (Å²) in [6.45, 7) is 0. The monoisotopic (exact) mass is 278 g/mol. The van der Waals surface area contributed by atoms with Crippen LogP contribution >= 0.6 is 56.7 Å². The summed E-state index contributed by atoms with van der Waals surface area (Å²) in [5, 5.41) is 0. The zero-order chi connectivity index (χ0) is 10.0. The van der Waals surface area contributed by atoms with Crippen LogP contribution in [0.1, 0.15) is 12.0 Å². The predicted octanol–water partition coefficient (Wildman–Crippen LogP) is 4.49. The molecule has 0 N–H and O–H groups in total. The maximum atomic E-state index is 4.79. The van der Waals surface area contributed by atoms with E-state index in [2.05, 4.69) is 35.9 Å². The summed E-state index contributed by atoms with van der Waals surface area (Å²) in [7, 11) is 3.22. The summed E-state index contributed by atoms with van der Waals surface area (Å²) < 4.78 is -0.0613. The molecule has 0 aromatic heterocycles. The van der Waals surface area contributed by atoms with Crippen LogP contribution in [0.3, 0.4) is 0 Å². The smallest absolute Gasteiger partial charge is 0.0961 e. The first-order valence-corrected chi connectivity index (χ1v) is 8.84. The van der Waals surface area contributed by atoms with Crippen molar-refractivity contribution in [3.63, 3.8) is 0 Å². The number of hydrogen-bond donors (Lipinski definition) is 2. The van der Waals surface area contributed by atoms with Gasteiger partial charge in [-0.15, -0.1) is 11.8 Å². The van der Waals surface area contributed by atoms with E-state index >= 15 is 0 Å². The zero-order valence-electron chi connectivity index (χ0n) is 7.34. The van der Waals surface area contributed by atoms with Crippen molar-refractivity contribution in [2.75, 3.05) is 5.75 Å². The van der Waals surface area contributed by atoms with E-state index in [-0.39, 0.29) is 4.08 Å². The fourth-order valence-electron chi connectivity index (χ4n) is 1.50. The number of fused-ring (bicyclic) bond motifs is 1.